The molecule has 1 saturated carbocycles. The van der Waals surface area contributed by atoms with Crippen LogP contribution in [-0.2, 0) is 0 Å². The summed E-state index contributed by atoms with van der Waals surface area (Å²) in [6.45, 7) is 3.31. The van der Waals surface area contributed by atoms with Crippen LogP contribution in [0.25, 0.3) is 10.1 Å². The number of piperidine rings is 1. The van der Waals surface area contributed by atoms with Gasteiger partial charge in [-0.25, -0.2) is 0 Å². The number of nitrogens with zero attached hydrogens (tertiary/aromatic N) is 2. The van der Waals surface area contributed by atoms with E-state index in [1.165, 1.54) is 19.4 Å². The molecule has 3 nitrogen and oxygen atoms in total. The zero-order valence-electron chi connectivity index (χ0n) is 12.7. The Kier molecular flexibility index (Phi) is 2.36. The Morgan fingerprint density at radius 1 is 1.30 bits per heavy atom. The predicted molar refractivity (Wildman–Crippen MR) is 92.2 cm³/mol. The fourth-order valence-electron chi connectivity index (χ4n) is 5.94. The lowest BCUT2D eigenvalue weighted by atomic mass is 9.57. The van der Waals surface area contributed by atoms with E-state index < -0.39 is 0 Å². The molecule has 4 heterocycles. The van der Waals surface area contributed by atoms with Crippen molar-refractivity contribution in [3.63, 3.8) is 0 Å². The first kappa shape index (κ1) is 13.2. The Balaban J connectivity index is 1.40. The molecule has 4 aliphatic rings. The lowest BCUT2D eigenvalue weighted by Gasteiger charge is -2.46. The number of likely N-dealkylation sites (tertiary alicyclic amines) is 1. The smallest absolute Gasteiger partial charge is 0.264 e. The van der Waals surface area contributed by atoms with Gasteiger partial charge in [-0.2, -0.15) is 0 Å². The fourth-order valence-corrected chi connectivity index (χ4v) is 7.27. The minimum atomic E-state index is 0.226. The third-order valence-corrected chi connectivity index (χ3v) is 8.38. The van der Waals surface area contributed by atoms with Gasteiger partial charge >= 0.3 is 0 Å². The topological polar surface area (TPSA) is 23.6 Å². The summed E-state index contributed by atoms with van der Waals surface area (Å²) in [6, 6.07) is 9.12. The van der Waals surface area contributed by atoms with E-state index in [9.17, 15) is 4.79 Å². The van der Waals surface area contributed by atoms with Gasteiger partial charge in [-0.05, 0) is 43.5 Å². The molecular weight excluding hydrogens is 328 g/mol. The van der Waals surface area contributed by atoms with Gasteiger partial charge in [0.25, 0.3) is 5.91 Å². The summed E-state index contributed by atoms with van der Waals surface area (Å²) < 4.78 is 1.11. The molecule has 5 atom stereocenters. The second-order valence-corrected chi connectivity index (χ2v) is 9.03. The van der Waals surface area contributed by atoms with Crippen molar-refractivity contribution < 1.29 is 4.79 Å². The van der Waals surface area contributed by atoms with Gasteiger partial charge < -0.3 is 4.90 Å². The van der Waals surface area contributed by atoms with Crippen LogP contribution in [0.15, 0.2) is 24.3 Å². The van der Waals surface area contributed by atoms with Crippen LogP contribution in [0.2, 0.25) is 5.02 Å². The summed E-state index contributed by atoms with van der Waals surface area (Å²) in [5.41, 5.74) is 0.448. The molecule has 0 N–H and O–H groups in total. The maximum atomic E-state index is 13.2. The molecule has 1 aliphatic carbocycles. The molecule has 4 fully saturated rings. The molecule has 5 heteroatoms. The van der Waals surface area contributed by atoms with Crippen LogP contribution in [0.4, 0.5) is 0 Å². The lowest BCUT2D eigenvalue weighted by Crippen LogP contribution is -2.51. The molecule has 2 bridgehead atoms. The highest BCUT2D eigenvalue weighted by Gasteiger charge is 2.73. The first-order valence-electron chi connectivity index (χ1n) is 8.41. The largest absolute Gasteiger partial charge is 0.333 e. The maximum Gasteiger partial charge on any atom is 0.264 e. The maximum absolute atomic E-state index is 13.2. The van der Waals surface area contributed by atoms with Crippen LogP contribution in [0, 0.1) is 11.3 Å². The second-order valence-electron chi connectivity index (χ2n) is 7.54. The number of thiophene rings is 1. The number of benzene rings is 1. The highest BCUT2D eigenvalue weighted by atomic mass is 35.5. The number of carbonyl (C=O) groups excluding carboxylic acids is 1. The first-order chi connectivity index (χ1) is 11.2. The molecule has 2 aromatic rings. The van der Waals surface area contributed by atoms with E-state index >= 15 is 0 Å². The summed E-state index contributed by atoms with van der Waals surface area (Å²) in [4.78, 5) is 18.9. The van der Waals surface area contributed by atoms with Crippen LogP contribution in [-0.4, -0.2) is 47.4 Å². The zero-order chi connectivity index (χ0) is 15.3. The molecule has 3 saturated heterocycles. The quantitative estimate of drug-likeness (QED) is 0.790. The minimum absolute atomic E-state index is 0.226. The Labute approximate surface area is 143 Å². The average Bonchev–Trinajstić information content (AvgIpc) is 3.20. The van der Waals surface area contributed by atoms with Gasteiger partial charge in [0.1, 0.15) is 0 Å². The van der Waals surface area contributed by atoms with Crippen molar-refractivity contribution in [2.45, 2.75) is 24.9 Å². The van der Waals surface area contributed by atoms with Crippen molar-refractivity contribution in [1.82, 2.24) is 9.80 Å². The van der Waals surface area contributed by atoms with E-state index in [1.54, 1.807) is 11.3 Å². The third-order valence-electron chi connectivity index (χ3n) is 6.96. The molecule has 1 aromatic carbocycles. The van der Waals surface area contributed by atoms with Gasteiger partial charge in [0.2, 0.25) is 0 Å². The van der Waals surface area contributed by atoms with Crippen LogP contribution in [0.5, 0.6) is 0 Å². The number of carbonyl (C=O) groups is 1. The van der Waals surface area contributed by atoms with E-state index in [0.29, 0.717) is 11.5 Å². The van der Waals surface area contributed by atoms with E-state index in [4.69, 9.17) is 11.6 Å². The Morgan fingerprint density at radius 2 is 2.22 bits per heavy atom. The van der Waals surface area contributed by atoms with Gasteiger partial charge in [-0.3, -0.25) is 9.69 Å². The molecule has 6 rings (SSSR count). The van der Waals surface area contributed by atoms with Crippen molar-refractivity contribution >= 4 is 38.9 Å². The van der Waals surface area contributed by atoms with Crippen molar-refractivity contribution in [1.29, 1.82) is 0 Å². The summed E-state index contributed by atoms with van der Waals surface area (Å²) >= 11 is 7.86. The van der Waals surface area contributed by atoms with E-state index in [0.717, 1.165) is 45.0 Å². The van der Waals surface area contributed by atoms with E-state index in [2.05, 4.69) is 9.80 Å². The molecule has 1 amide bonds. The molecule has 2 unspecified atom stereocenters. The summed E-state index contributed by atoms with van der Waals surface area (Å²) in [5, 5.41) is 1.75. The molecule has 0 radical (unpaired) electrons. The van der Waals surface area contributed by atoms with Crippen molar-refractivity contribution in [2.75, 3.05) is 19.6 Å². The van der Waals surface area contributed by atoms with Gasteiger partial charge in [0, 0.05) is 39.7 Å². The number of hydrogen-bond donors (Lipinski definition) is 0. The standard InChI is InChI=1S/C18H17ClN2OS/c19-12-2-1-3-13-11(12)7-14(23-13)17(22)21-8-10-6-15-18(10)4-5-20(15)9-16(18)21/h1-3,7,10,15-16H,4-6,8-9H2/t10-,15+,16-,18?/m0/s1. The molecule has 23 heavy (non-hydrogen) atoms. The summed E-state index contributed by atoms with van der Waals surface area (Å²) in [5.74, 6) is 0.968. The van der Waals surface area contributed by atoms with Crippen molar-refractivity contribution in [3.05, 3.63) is 34.2 Å². The van der Waals surface area contributed by atoms with E-state index in [1.807, 2.05) is 24.3 Å². The second kappa shape index (κ2) is 4.11. The highest BCUT2D eigenvalue weighted by molar-refractivity contribution is 7.20. The number of amides is 1. The zero-order valence-corrected chi connectivity index (χ0v) is 14.2. The van der Waals surface area contributed by atoms with Crippen LogP contribution in [0.3, 0.4) is 0 Å². The molecule has 118 valence electrons. The highest BCUT2D eigenvalue weighted by Crippen LogP contribution is 2.67. The molecule has 1 aromatic heterocycles. The van der Waals surface area contributed by atoms with Gasteiger partial charge in [0.05, 0.1) is 10.9 Å². The number of rotatable bonds is 1. The average molecular weight is 345 g/mol. The van der Waals surface area contributed by atoms with Gasteiger partial charge in [-0.15, -0.1) is 11.3 Å². The van der Waals surface area contributed by atoms with Gasteiger partial charge in [-0.1, -0.05) is 17.7 Å². The number of halogens is 1. The Hall–Kier alpha value is -1.10. The monoisotopic (exact) mass is 344 g/mol. The Morgan fingerprint density at radius 3 is 3.04 bits per heavy atom. The van der Waals surface area contributed by atoms with E-state index in [-0.39, 0.29) is 5.91 Å². The van der Waals surface area contributed by atoms with Crippen molar-refractivity contribution in [3.8, 4) is 0 Å². The lowest BCUT2D eigenvalue weighted by molar-refractivity contribution is 0.0485. The van der Waals surface area contributed by atoms with Gasteiger partial charge in [0.15, 0.2) is 0 Å². The SMILES string of the molecule is O=C(c1cc2c(Cl)cccc2s1)N1C[C@@H]2C[C@H]3N4CCC23[C@@H]1C4. The minimum Gasteiger partial charge on any atom is -0.333 e. The molecular formula is C18H17ClN2OS. The number of hydrogen-bond acceptors (Lipinski definition) is 3. The van der Waals surface area contributed by atoms with Crippen LogP contribution < -0.4 is 0 Å². The fraction of sp³-hybridized carbons (Fsp3) is 0.500. The molecule has 3 aliphatic heterocycles. The normalized spacial score (nSPS) is 39.8. The number of fused-ring (bicyclic) bond motifs is 1. The predicted octanol–water partition coefficient (Wildman–Crippen LogP) is 3.47. The summed E-state index contributed by atoms with van der Waals surface area (Å²) in [6.07, 6.45) is 2.60. The first-order valence-corrected chi connectivity index (χ1v) is 9.61. The molecule has 1 spiro atoms. The van der Waals surface area contributed by atoms with Crippen molar-refractivity contribution in [2.24, 2.45) is 11.3 Å². The van der Waals surface area contributed by atoms with Crippen LogP contribution >= 0.6 is 22.9 Å². The Bertz CT molecular complexity index is 864. The third kappa shape index (κ3) is 1.40. The van der Waals surface area contributed by atoms with Crippen LogP contribution in [0.1, 0.15) is 22.5 Å². The summed E-state index contributed by atoms with van der Waals surface area (Å²) in [7, 11) is 0.